The van der Waals surface area contributed by atoms with Crippen LogP contribution in [0.25, 0.3) is 6.08 Å². The molecule has 1 amide bonds. The molecule has 1 N–H and O–H groups in total. The molecule has 1 aromatic rings. The molecular formula is C19H27N3O4S. The summed E-state index contributed by atoms with van der Waals surface area (Å²) in [4.78, 5) is 16.8. The van der Waals surface area contributed by atoms with Crippen LogP contribution in [0.4, 0.5) is 0 Å². The lowest BCUT2D eigenvalue weighted by atomic mass is 10.2. The Morgan fingerprint density at radius 1 is 1.22 bits per heavy atom. The highest BCUT2D eigenvalue weighted by molar-refractivity contribution is 7.89. The number of amides is 1. The number of ether oxygens (including phenoxy) is 1. The lowest BCUT2D eigenvalue weighted by molar-refractivity contribution is -0.127. The normalized spacial score (nSPS) is 21.8. The minimum atomic E-state index is -3.44. The van der Waals surface area contributed by atoms with Crippen molar-refractivity contribution < 1.29 is 17.9 Å². The summed E-state index contributed by atoms with van der Waals surface area (Å²) in [5, 5.41) is 0. The lowest BCUT2D eigenvalue weighted by Crippen LogP contribution is -2.50. The van der Waals surface area contributed by atoms with E-state index < -0.39 is 10.0 Å². The summed E-state index contributed by atoms with van der Waals surface area (Å²) >= 11 is 0. The van der Waals surface area contributed by atoms with E-state index in [2.05, 4.69) is 9.62 Å². The SMILES string of the molecule is CNS(=O)(=O)c1ccc(/C=C/C(=O)N2CCN(CC3CCCO3)CC2)cc1. The molecule has 2 fully saturated rings. The fourth-order valence-corrected chi connectivity index (χ4v) is 4.11. The average Bonchev–Trinajstić information content (AvgIpc) is 3.20. The van der Waals surface area contributed by atoms with E-state index in [0.717, 1.165) is 57.7 Å². The number of nitrogens with one attached hydrogen (secondary N) is 1. The maximum absolute atomic E-state index is 12.4. The largest absolute Gasteiger partial charge is 0.377 e. The van der Waals surface area contributed by atoms with Crippen LogP contribution in [0, 0.1) is 0 Å². The molecule has 1 aromatic carbocycles. The number of sulfonamides is 1. The fraction of sp³-hybridized carbons (Fsp3) is 0.526. The average molecular weight is 394 g/mol. The number of nitrogens with zero attached hydrogens (tertiary/aromatic N) is 2. The van der Waals surface area contributed by atoms with Gasteiger partial charge in [-0.15, -0.1) is 0 Å². The van der Waals surface area contributed by atoms with Gasteiger partial charge in [-0.3, -0.25) is 9.69 Å². The van der Waals surface area contributed by atoms with Crippen molar-refractivity contribution in [1.29, 1.82) is 0 Å². The van der Waals surface area contributed by atoms with Crippen LogP contribution < -0.4 is 4.72 Å². The van der Waals surface area contributed by atoms with Crippen LogP contribution in [0.15, 0.2) is 35.2 Å². The van der Waals surface area contributed by atoms with Crippen LogP contribution in [-0.4, -0.2) is 76.6 Å². The van der Waals surface area contributed by atoms with E-state index in [1.807, 2.05) is 4.90 Å². The molecule has 0 saturated carbocycles. The lowest BCUT2D eigenvalue weighted by Gasteiger charge is -2.35. The van der Waals surface area contributed by atoms with Gasteiger partial charge in [0.05, 0.1) is 11.0 Å². The molecule has 0 spiro atoms. The summed E-state index contributed by atoms with van der Waals surface area (Å²) < 4.78 is 31.4. The summed E-state index contributed by atoms with van der Waals surface area (Å²) in [7, 11) is -2.06. The van der Waals surface area contributed by atoms with Crippen molar-refractivity contribution in [3.63, 3.8) is 0 Å². The zero-order valence-corrected chi connectivity index (χ0v) is 16.5. The molecule has 8 heteroatoms. The monoisotopic (exact) mass is 393 g/mol. The summed E-state index contributed by atoms with van der Waals surface area (Å²) in [6, 6.07) is 6.43. The number of piperazine rings is 1. The van der Waals surface area contributed by atoms with Crippen LogP contribution in [0.3, 0.4) is 0 Å². The zero-order chi connectivity index (χ0) is 19.3. The fourth-order valence-electron chi connectivity index (χ4n) is 3.38. The quantitative estimate of drug-likeness (QED) is 0.728. The first kappa shape index (κ1) is 20.0. The molecular weight excluding hydrogens is 366 g/mol. The number of carbonyl (C=O) groups is 1. The molecule has 2 aliphatic heterocycles. The van der Waals surface area contributed by atoms with Gasteiger partial charge in [-0.1, -0.05) is 12.1 Å². The van der Waals surface area contributed by atoms with Gasteiger partial charge >= 0.3 is 0 Å². The zero-order valence-electron chi connectivity index (χ0n) is 15.6. The van der Waals surface area contributed by atoms with Gasteiger partial charge in [0.1, 0.15) is 0 Å². The van der Waals surface area contributed by atoms with E-state index in [9.17, 15) is 13.2 Å². The van der Waals surface area contributed by atoms with Gasteiger partial charge in [0.2, 0.25) is 15.9 Å². The van der Waals surface area contributed by atoms with Gasteiger partial charge in [-0.05, 0) is 43.7 Å². The Bertz CT molecular complexity index is 763. The van der Waals surface area contributed by atoms with Crippen LogP contribution in [0.5, 0.6) is 0 Å². The minimum Gasteiger partial charge on any atom is -0.377 e. The van der Waals surface area contributed by atoms with Crippen LogP contribution >= 0.6 is 0 Å². The van der Waals surface area contributed by atoms with Crippen molar-refractivity contribution in [2.24, 2.45) is 0 Å². The van der Waals surface area contributed by atoms with Gasteiger partial charge in [0.25, 0.3) is 0 Å². The molecule has 0 aromatic heterocycles. The van der Waals surface area contributed by atoms with Crippen LogP contribution in [0.2, 0.25) is 0 Å². The number of rotatable bonds is 6. The second kappa shape index (κ2) is 8.97. The molecule has 148 valence electrons. The van der Waals surface area contributed by atoms with E-state index in [-0.39, 0.29) is 10.8 Å². The summed E-state index contributed by atoms with van der Waals surface area (Å²) in [6.07, 6.45) is 5.90. The van der Waals surface area contributed by atoms with E-state index in [1.54, 1.807) is 24.3 Å². The maximum Gasteiger partial charge on any atom is 0.246 e. The van der Waals surface area contributed by atoms with Crippen LogP contribution in [0.1, 0.15) is 18.4 Å². The van der Waals surface area contributed by atoms with Gasteiger partial charge in [-0.2, -0.15) is 0 Å². The minimum absolute atomic E-state index is 0.0151. The first-order valence-corrected chi connectivity index (χ1v) is 10.8. The number of hydrogen-bond acceptors (Lipinski definition) is 5. The van der Waals surface area contributed by atoms with Crippen molar-refractivity contribution in [3.8, 4) is 0 Å². The third-order valence-electron chi connectivity index (χ3n) is 5.05. The van der Waals surface area contributed by atoms with Crippen molar-refractivity contribution in [2.75, 3.05) is 46.4 Å². The second-order valence-electron chi connectivity index (χ2n) is 6.87. The van der Waals surface area contributed by atoms with E-state index in [4.69, 9.17) is 4.74 Å². The van der Waals surface area contributed by atoms with Gasteiger partial charge in [0, 0.05) is 45.4 Å². The molecule has 7 nitrogen and oxygen atoms in total. The smallest absolute Gasteiger partial charge is 0.246 e. The first-order chi connectivity index (χ1) is 13.0. The van der Waals surface area contributed by atoms with Crippen LogP contribution in [-0.2, 0) is 19.6 Å². The Morgan fingerprint density at radius 2 is 1.93 bits per heavy atom. The maximum atomic E-state index is 12.4. The number of carbonyl (C=O) groups excluding carboxylic acids is 1. The van der Waals surface area contributed by atoms with Gasteiger partial charge < -0.3 is 9.64 Å². The van der Waals surface area contributed by atoms with Crippen molar-refractivity contribution >= 4 is 22.0 Å². The third kappa shape index (κ3) is 5.38. The molecule has 0 bridgehead atoms. The molecule has 1 atom stereocenters. The van der Waals surface area contributed by atoms with Gasteiger partial charge in [-0.25, -0.2) is 13.1 Å². The Balaban J connectivity index is 1.49. The highest BCUT2D eigenvalue weighted by atomic mass is 32.2. The Hall–Kier alpha value is -1.74. The molecule has 27 heavy (non-hydrogen) atoms. The summed E-state index contributed by atoms with van der Waals surface area (Å²) in [5.74, 6) is -0.0151. The Labute approximate surface area is 161 Å². The van der Waals surface area contributed by atoms with Crippen molar-refractivity contribution in [3.05, 3.63) is 35.9 Å². The first-order valence-electron chi connectivity index (χ1n) is 9.32. The Morgan fingerprint density at radius 3 is 2.52 bits per heavy atom. The van der Waals surface area contributed by atoms with E-state index in [1.165, 1.54) is 19.2 Å². The highest BCUT2D eigenvalue weighted by Crippen LogP contribution is 2.15. The highest BCUT2D eigenvalue weighted by Gasteiger charge is 2.24. The standard InChI is InChI=1S/C19H27N3O4S/c1-20-27(24,25)18-7-4-16(5-8-18)6-9-19(23)22-12-10-21(11-13-22)15-17-3-2-14-26-17/h4-9,17,20H,2-3,10-15H2,1H3/b9-6+. The molecule has 2 saturated heterocycles. The molecule has 3 rings (SSSR count). The third-order valence-corrected chi connectivity index (χ3v) is 6.48. The molecule has 1 unspecified atom stereocenters. The Kier molecular flexibility index (Phi) is 6.64. The van der Waals surface area contributed by atoms with Crippen molar-refractivity contribution in [2.45, 2.75) is 23.8 Å². The number of hydrogen-bond donors (Lipinski definition) is 1. The molecule has 0 aliphatic carbocycles. The van der Waals surface area contributed by atoms with E-state index in [0.29, 0.717) is 6.10 Å². The van der Waals surface area contributed by atoms with E-state index >= 15 is 0 Å². The van der Waals surface area contributed by atoms with Gasteiger partial charge in [0.15, 0.2) is 0 Å². The van der Waals surface area contributed by atoms with Crippen molar-refractivity contribution in [1.82, 2.24) is 14.5 Å². The second-order valence-corrected chi connectivity index (χ2v) is 8.76. The summed E-state index contributed by atoms with van der Waals surface area (Å²) in [5.41, 5.74) is 0.787. The predicted molar refractivity (Wildman–Crippen MR) is 104 cm³/mol. The summed E-state index contributed by atoms with van der Waals surface area (Å²) in [6.45, 7) is 5.01. The molecule has 2 heterocycles. The predicted octanol–water partition coefficient (Wildman–Crippen LogP) is 0.931. The number of benzene rings is 1. The topological polar surface area (TPSA) is 79.0 Å². The molecule has 0 radical (unpaired) electrons. The molecule has 2 aliphatic rings.